The molecular formula is C15H19NO. The van der Waals surface area contributed by atoms with E-state index in [1.165, 1.54) is 5.56 Å². The van der Waals surface area contributed by atoms with Crippen molar-refractivity contribution in [2.75, 3.05) is 13.1 Å². The van der Waals surface area contributed by atoms with Crippen LogP contribution in [0.5, 0.6) is 0 Å². The van der Waals surface area contributed by atoms with Gasteiger partial charge in [0.1, 0.15) is 5.78 Å². The van der Waals surface area contributed by atoms with Crippen molar-refractivity contribution in [3.05, 3.63) is 35.9 Å². The van der Waals surface area contributed by atoms with E-state index in [2.05, 4.69) is 17.4 Å². The largest absolute Gasteiger partial charge is 0.316 e. The Labute approximate surface area is 102 Å². The summed E-state index contributed by atoms with van der Waals surface area (Å²) < 4.78 is 0. The van der Waals surface area contributed by atoms with Crippen molar-refractivity contribution in [1.82, 2.24) is 5.32 Å². The lowest BCUT2D eigenvalue weighted by molar-refractivity contribution is -0.127. The quantitative estimate of drug-likeness (QED) is 0.801. The maximum atomic E-state index is 12.6. The molecule has 2 heteroatoms. The van der Waals surface area contributed by atoms with Crippen molar-refractivity contribution >= 4 is 5.78 Å². The normalized spacial score (nSPS) is 33.2. The van der Waals surface area contributed by atoms with Crippen molar-refractivity contribution in [2.45, 2.75) is 31.6 Å². The summed E-state index contributed by atoms with van der Waals surface area (Å²) in [6.07, 6.45) is 4.33. The van der Waals surface area contributed by atoms with E-state index >= 15 is 0 Å². The average molecular weight is 229 g/mol. The van der Waals surface area contributed by atoms with Crippen LogP contribution in [0.15, 0.2) is 30.3 Å². The summed E-state index contributed by atoms with van der Waals surface area (Å²) in [6, 6.07) is 10.3. The molecule has 3 rings (SSSR count). The van der Waals surface area contributed by atoms with Crippen molar-refractivity contribution in [2.24, 2.45) is 5.41 Å². The number of rotatable bonds is 1. The third-order valence-electron chi connectivity index (χ3n) is 4.42. The van der Waals surface area contributed by atoms with Crippen LogP contribution in [0.1, 0.15) is 37.2 Å². The summed E-state index contributed by atoms with van der Waals surface area (Å²) in [6.45, 7) is 1.97. The molecule has 1 aliphatic carbocycles. The second-order valence-electron chi connectivity index (χ2n) is 5.43. The van der Waals surface area contributed by atoms with Crippen LogP contribution in [0.2, 0.25) is 0 Å². The molecule has 1 aromatic carbocycles. The van der Waals surface area contributed by atoms with Crippen LogP contribution in [0.25, 0.3) is 0 Å². The number of hydrogen-bond acceptors (Lipinski definition) is 2. The van der Waals surface area contributed by atoms with Crippen LogP contribution in [-0.2, 0) is 4.79 Å². The van der Waals surface area contributed by atoms with Crippen molar-refractivity contribution < 1.29 is 4.79 Å². The molecule has 1 saturated heterocycles. The van der Waals surface area contributed by atoms with E-state index in [1.807, 2.05) is 18.2 Å². The van der Waals surface area contributed by atoms with Crippen LogP contribution in [-0.4, -0.2) is 18.9 Å². The minimum atomic E-state index is -0.0429. The number of ketones is 1. The van der Waals surface area contributed by atoms with Gasteiger partial charge in [-0.3, -0.25) is 4.79 Å². The highest BCUT2D eigenvalue weighted by molar-refractivity contribution is 5.93. The maximum absolute atomic E-state index is 12.6. The molecule has 0 bridgehead atoms. The van der Waals surface area contributed by atoms with Crippen LogP contribution in [0.3, 0.4) is 0 Å². The van der Waals surface area contributed by atoms with Crippen LogP contribution < -0.4 is 5.32 Å². The van der Waals surface area contributed by atoms with Gasteiger partial charge in [-0.2, -0.15) is 0 Å². The number of carbonyl (C=O) groups is 1. The van der Waals surface area contributed by atoms with E-state index in [9.17, 15) is 4.79 Å². The first-order valence-electron chi connectivity index (χ1n) is 6.62. The van der Waals surface area contributed by atoms with E-state index in [4.69, 9.17) is 0 Å². The van der Waals surface area contributed by atoms with Gasteiger partial charge in [0.15, 0.2) is 0 Å². The lowest BCUT2D eigenvalue weighted by atomic mass is 9.77. The lowest BCUT2D eigenvalue weighted by Crippen LogP contribution is -2.43. The molecule has 0 aromatic heterocycles. The summed E-state index contributed by atoms with van der Waals surface area (Å²) in [4.78, 5) is 12.6. The molecule has 1 N–H and O–H groups in total. The molecular weight excluding hydrogens is 210 g/mol. The fourth-order valence-electron chi connectivity index (χ4n) is 3.44. The molecule has 1 heterocycles. The Morgan fingerprint density at radius 1 is 1.18 bits per heavy atom. The van der Waals surface area contributed by atoms with Gasteiger partial charge in [-0.25, -0.2) is 0 Å². The zero-order valence-electron chi connectivity index (χ0n) is 10.1. The highest BCUT2D eigenvalue weighted by Crippen LogP contribution is 2.46. The second-order valence-corrected chi connectivity index (χ2v) is 5.43. The topological polar surface area (TPSA) is 29.1 Å². The van der Waals surface area contributed by atoms with Gasteiger partial charge < -0.3 is 5.32 Å². The molecule has 2 aliphatic rings. The molecule has 90 valence electrons. The molecule has 0 amide bonds. The van der Waals surface area contributed by atoms with E-state index < -0.39 is 0 Å². The number of Topliss-reactive ketones (excluding diaryl/α,β-unsaturated/α-hetero) is 1. The molecule has 17 heavy (non-hydrogen) atoms. The summed E-state index contributed by atoms with van der Waals surface area (Å²) in [7, 11) is 0. The molecule has 1 aliphatic heterocycles. The predicted molar refractivity (Wildman–Crippen MR) is 68.0 cm³/mol. The Morgan fingerprint density at radius 3 is 2.71 bits per heavy atom. The zero-order chi connectivity index (χ0) is 11.7. The van der Waals surface area contributed by atoms with E-state index in [0.717, 1.165) is 38.8 Å². The highest BCUT2D eigenvalue weighted by Gasteiger charge is 2.48. The van der Waals surface area contributed by atoms with Gasteiger partial charge in [-0.15, -0.1) is 0 Å². The number of nitrogens with one attached hydrogen (secondary N) is 1. The smallest absolute Gasteiger partial charge is 0.147 e. The molecule has 2 unspecified atom stereocenters. The van der Waals surface area contributed by atoms with Gasteiger partial charge in [0, 0.05) is 17.9 Å². The van der Waals surface area contributed by atoms with Crippen molar-refractivity contribution in [1.29, 1.82) is 0 Å². The van der Waals surface area contributed by atoms with Gasteiger partial charge >= 0.3 is 0 Å². The Balaban J connectivity index is 1.85. The Hall–Kier alpha value is -1.15. The summed E-state index contributed by atoms with van der Waals surface area (Å²) >= 11 is 0. The van der Waals surface area contributed by atoms with Crippen molar-refractivity contribution in [3.63, 3.8) is 0 Å². The van der Waals surface area contributed by atoms with E-state index in [-0.39, 0.29) is 11.3 Å². The molecule has 2 fully saturated rings. The van der Waals surface area contributed by atoms with Crippen LogP contribution in [0, 0.1) is 5.41 Å². The fraction of sp³-hybridized carbons (Fsp3) is 0.533. The minimum Gasteiger partial charge on any atom is -0.316 e. The SMILES string of the molecule is O=C1C(c2ccccc2)CCC12CCCNC2. The lowest BCUT2D eigenvalue weighted by Gasteiger charge is -2.32. The Kier molecular flexibility index (Phi) is 2.75. The minimum absolute atomic E-state index is 0.0429. The van der Waals surface area contributed by atoms with E-state index in [0.29, 0.717) is 5.78 Å². The van der Waals surface area contributed by atoms with Gasteiger partial charge in [0.25, 0.3) is 0 Å². The summed E-state index contributed by atoms with van der Waals surface area (Å²) in [5, 5.41) is 3.40. The van der Waals surface area contributed by atoms with Crippen molar-refractivity contribution in [3.8, 4) is 0 Å². The van der Waals surface area contributed by atoms with Gasteiger partial charge in [0.05, 0.1) is 0 Å². The standard InChI is InChI=1S/C15H19NO/c17-14-13(12-5-2-1-3-6-12)7-9-15(14)8-4-10-16-11-15/h1-3,5-6,13,16H,4,7-11H2. The van der Waals surface area contributed by atoms with Gasteiger partial charge in [0.2, 0.25) is 0 Å². The molecule has 1 aromatic rings. The van der Waals surface area contributed by atoms with Gasteiger partial charge in [-0.05, 0) is 37.8 Å². The second kappa shape index (κ2) is 4.26. The third-order valence-corrected chi connectivity index (χ3v) is 4.42. The monoisotopic (exact) mass is 229 g/mol. The van der Waals surface area contributed by atoms with Crippen LogP contribution in [0.4, 0.5) is 0 Å². The summed E-state index contributed by atoms with van der Waals surface area (Å²) in [5.74, 6) is 0.631. The molecule has 2 nitrogen and oxygen atoms in total. The number of piperidine rings is 1. The number of benzene rings is 1. The first kappa shape index (κ1) is 11.0. The Morgan fingerprint density at radius 2 is 2.00 bits per heavy atom. The Bertz CT molecular complexity index is 406. The maximum Gasteiger partial charge on any atom is 0.147 e. The molecule has 0 radical (unpaired) electrons. The highest BCUT2D eigenvalue weighted by atomic mass is 16.1. The first-order valence-corrected chi connectivity index (χ1v) is 6.62. The third kappa shape index (κ3) is 1.81. The molecule has 2 atom stereocenters. The zero-order valence-corrected chi connectivity index (χ0v) is 10.1. The van der Waals surface area contributed by atoms with Crippen LogP contribution >= 0.6 is 0 Å². The summed E-state index contributed by atoms with van der Waals surface area (Å²) in [5.41, 5.74) is 1.17. The first-order chi connectivity index (χ1) is 8.32. The number of carbonyl (C=O) groups excluding carboxylic acids is 1. The average Bonchev–Trinajstić information content (AvgIpc) is 2.70. The number of hydrogen-bond donors (Lipinski definition) is 1. The predicted octanol–water partition coefficient (Wildman–Crippen LogP) is 2.50. The van der Waals surface area contributed by atoms with Gasteiger partial charge in [-0.1, -0.05) is 30.3 Å². The molecule has 1 spiro atoms. The molecule has 1 saturated carbocycles. The fourth-order valence-corrected chi connectivity index (χ4v) is 3.44. The van der Waals surface area contributed by atoms with E-state index in [1.54, 1.807) is 0 Å².